The Morgan fingerprint density at radius 1 is 1.29 bits per heavy atom. The van der Waals surface area contributed by atoms with Gasteiger partial charge in [0.1, 0.15) is 0 Å². The van der Waals surface area contributed by atoms with Crippen molar-refractivity contribution in [3.05, 3.63) is 23.9 Å². The largest absolute Gasteiger partial charge is 0.481 e. The first-order valence-electron chi connectivity index (χ1n) is 7.17. The van der Waals surface area contributed by atoms with Crippen LogP contribution in [0.4, 0.5) is 0 Å². The first kappa shape index (κ1) is 19.9. The van der Waals surface area contributed by atoms with E-state index in [9.17, 15) is 0 Å². The highest BCUT2D eigenvalue weighted by molar-refractivity contribution is 14.0. The van der Waals surface area contributed by atoms with E-state index in [2.05, 4.69) is 34.5 Å². The van der Waals surface area contributed by atoms with Crippen LogP contribution in [0, 0.1) is 5.92 Å². The van der Waals surface area contributed by atoms with Crippen LogP contribution in [0.2, 0.25) is 0 Å². The van der Waals surface area contributed by atoms with Crippen LogP contribution in [0.1, 0.15) is 32.4 Å². The molecule has 5 nitrogen and oxygen atoms in total. The van der Waals surface area contributed by atoms with Gasteiger partial charge in [0.05, 0.1) is 19.3 Å². The van der Waals surface area contributed by atoms with E-state index in [1.165, 1.54) is 12.8 Å². The summed E-state index contributed by atoms with van der Waals surface area (Å²) in [6.07, 6.45) is 2.36. The standard InChI is InChI=1S/C15H26N4O.HI/c1-5-12(6-2)10-17-15(16-3)18-11-13-8-7-9-14(19-13)20-4;/h7-9,12H,5-6,10-11H2,1-4H3,(H2,16,17,18);1H. The predicted octanol–water partition coefficient (Wildman–Crippen LogP) is 2.81. The monoisotopic (exact) mass is 406 g/mol. The molecule has 0 saturated heterocycles. The smallest absolute Gasteiger partial charge is 0.213 e. The van der Waals surface area contributed by atoms with Crippen LogP contribution in [0.3, 0.4) is 0 Å². The van der Waals surface area contributed by atoms with Crippen LogP contribution >= 0.6 is 24.0 Å². The van der Waals surface area contributed by atoms with E-state index < -0.39 is 0 Å². The zero-order valence-electron chi connectivity index (χ0n) is 13.3. The second kappa shape index (κ2) is 11.6. The number of guanidine groups is 1. The van der Waals surface area contributed by atoms with Gasteiger partial charge in [-0.1, -0.05) is 32.8 Å². The lowest BCUT2D eigenvalue weighted by Crippen LogP contribution is -2.39. The van der Waals surface area contributed by atoms with Crippen molar-refractivity contribution < 1.29 is 4.74 Å². The third-order valence-corrected chi connectivity index (χ3v) is 3.36. The van der Waals surface area contributed by atoms with Gasteiger partial charge in [-0.05, 0) is 12.0 Å². The molecule has 21 heavy (non-hydrogen) atoms. The highest BCUT2D eigenvalue weighted by Gasteiger charge is 2.05. The second-order valence-electron chi connectivity index (χ2n) is 4.66. The molecule has 0 aliphatic heterocycles. The Balaban J connectivity index is 0.00000400. The van der Waals surface area contributed by atoms with Gasteiger partial charge in [-0.25, -0.2) is 4.98 Å². The molecule has 1 aromatic heterocycles. The van der Waals surface area contributed by atoms with Crippen molar-refractivity contribution in [2.75, 3.05) is 20.7 Å². The quantitative estimate of drug-likeness (QED) is 0.416. The van der Waals surface area contributed by atoms with Crippen molar-refractivity contribution in [3.63, 3.8) is 0 Å². The third kappa shape index (κ3) is 7.50. The first-order chi connectivity index (χ1) is 9.73. The molecule has 0 amide bonds. The summed E-state index contributed by atoms with van der Waals surface area (Å²) in [6.45, 7) is 6.00. The lowest BCUT2D eigenvalue weighted by Gasteiger charge is -2.16. The van der Waals surface area contributed by atoms with Crippen molar-refractivity contribution in [1.29, 1.82) is 0 Å². The van der Waals surface area contributed by atoms with Crippen molar-refractivity contribution in [3.8, 4) is 5.88 Å². The van der Waals surface area contributed by atoms with Gasteiger partial charge < -0.3 is 15.4 Å². The van der Waals surface area contributed by atoms with E-state index in [0.717, 1.165) is 18.2 Å². The summed E-state index contributed by atoms with van der Waals surface area (Å²) in [6, 6.07) is 5.73. The van der Waals surface area contributed by atoms with E-state index in [0.29, 0.717) is 18.3 Å². The number of halogens is 1. The van der Waals surface area contributed by atoms with Crippen LogP contribution in [-0.4, -0.2) is 31.6 Å². The van der Waals surface area contributed by atoms with Gasteiger partial charge in [0.2, 0.25) is 5.88 Å². The number of aliphatic imine (C=N–C) groups is 1. The van der Waals surface area contributed by atoms with Gasteiger partial charge in [-0.15, -0.1) is 24.0 Å². The molecule has 120 valence electrons. The Morgan fingerprint density at radius 2 is 2.00 bits per heavy atom. The molecule has 1 heterocycles. The SMILES string of the molecule is CCC(CC)CNC(=NC)NCc1cccc(OC)n1.I. The molecule has 0 atom stereocenters. The average Bonchev–Trinajstić information content (AvgIpc) is 2.51. The normalized spacial score (nSPS) is 11.0. The highest BCUT2D eigenvalue weighted by atomic mass is 127. The van der Waals surface area contributed by atoms with Crippen LogP contribution in [-0.2, 0) is 6.54 Å². The number of hydrogen-bond donors (Lipinski definition) is 2. The maximum Gasteiger partial charge on any atom is 0.213 e. The molecule has 1 aromatic rings. The number of aromatic nitrogens is 1. The molecule has 0 aliphatic carbocycles. The summed E-state index contributed by atoms with van der Waals surface area (Å²) < 4.78 is 5.11. The lowest BCUT2D eigenvalue weighted by molar-refractivity contribution is 0.396. The van der Waals surface area contributed by atoms with E-state index >= 15 is 0 Å². The Hall–Kier alpha value is -1.05. The van der Waals surface area contributed by atoms with Gasteiger partial charge >= 0.3 is 0 Å². The lowest BCUT2D eigenvalue weighted by atomic mass is 10.0. The molecule has 0 aliphatic rings. The molecule has 0 radical (unpaired) electrons. The fraction of sp³-hybridized carbons (Fsp3) is 0.600. The molecule has 6 heteroatoms. The third-order valence-electron chi connectivity index (χ3n) is 3.36. The molecular formula is C15H27IN4O. The van der Waals surface area contributed by atoms with Gasteiger partial charge in [0.25, 0.3) is 0 Å². The van der Waals surface area contributed by atoms with E-state index in [4.69, 9.17) is 4.74 Å². The minimum Gasteiger partial charge on any atom is -0.481 e. The fourth-order valence-corrected chi connectivity index (χ4v) is 1.88. The van der Waals surface area contributed by atoms with E-state index in [1.807, 2.05) is 18.2 Å². The van der Waals surface area contributed by atoms with Gasteiger partial charge in [0, 0.05) is 19.7 Å². The summed E-state index contributed by atoms with van der Waals surface area (Å²) in [5, 5.41) is 6.61. The zero-order chi connectivity index (χ0) is 14.8. The second-order valence-corrected chi connectivity index (χ2v) is 4.66. The Bertz CT molecular complexity index is 422. The molecule has 2 N–H and O–H groups in total. The Kier molecular flexibility index (Phi) is 11.0. The van der Waals surface area contributed by atoms with Crippen LogP contribution in [0.5, 0.6) is 5.88 Å². The molecule has 0 aromatic carbocycles. The molecule has 0 fully saturated rings. The summed E-state index contributed by atoms with van der Waals surface area (Å²) in [5.41, 5.74) is 0.926. The van der Waals surface area contributed by atoms with Gasteiger partial charge in [-0.2, -0.15) is 0 Å². The zero-order valence-corrected chi connectivity index (χ0v) is 15.7. The molecule has 0 saturated carbocycles. The molecular weight excluding hydrogens is 379 g/mol. The Labute approximate surface area is 145 Å². The first-order valence-corrected chi connectivity index (χ1v) is 7.17. The summed E-state index contributed by atoms with van der Waals surface area (Å²) >= 11 is 0. The number of rotatable bonds is 7. The van der Waals surface area contributed by atoms with E-state index in [-0.39, 0.29) is 24.0 Å². The predicted molar refractivity (Wildman–Crippen MR) is 98.5 cm³/mol. The average molecular weight is 406 g/mol. The van der Waals surface area contributed by atoms with Gasteiger partial charge in [-0.3, -0.25) is 4.99 Å². The van der Waals surface area contributed by atoms with Crippen molar-refractivity contribution >= 4 is 29.9 Å². The van der Waals surface area contributed by atoms with E-state index in [1.54, 1.807) is 14.2 Å². The van der Waals surface area contributed by atoms with Crippen molar-refractivity contribution in [2.24, 2.45) is 10.9 Å². The van der Waals surface area contributed by atoms with Crippen LogP contribution in [0.25, 0.3) is 0 Å². The number of hydrogen-bond acceptors (Lipinski definition) is 3. The number of methoxy groups -OCH3 is 1. The number of nitrogens with one attached hydrogen (secondary N) is 2. The van der Waals surface area contributed by atoms with Crippen LogP contribution in [0.15, 0.2) is 23.2 Å². The number of nitrogens with zero attached hydrogens (tertiary/aromatic N) is 2. The summed E-state index contributed by atoms with van der Waals surface area (Å²) in [5.74, 6) is 2.12. The minimum atomic E-state index is 0. The summed E-state index contributed by atoms with van der Waals surface area (Å²) in [4.78, 5) is 8.58. The topological polar surface area (TPSA) is 58.5 Å². The fourth-order valence-electron chi connectivity index (χ4n) is 1.88. The molecule has 0 bridgehead atoms. The molecule has 0 spiro atoms. The van der Waals surface area contributed by atoms with Gasteiger partial charge in [0.15, 0.2) is 5.96 Å². The molecule has 0 unspecified atom stereocenters. The van der Waals surface area contributed by atoms with Crippen molar-refractivity contribution in [2.45, 2.75) is 33.2 Å². The maximum absolute atomic E-state index is 5.11. The number of ether oxygens (including phenoxy) is 1. The maximum atomic E-state index is 5.11. The minimum absolute atomic E-state index is 0. The van der Waals surface area contributed by atoms with Crippen LogP contribution < -0.4 is 15.4 Å². The molecule has 1 rings (SSSR count). The Morgan fingerprint density at radius 3 is 2.57 bits per heavy atom. The number of pyridine rings is 1. The van der Waals surface area contributed by atoms with Crippen molar-refractivity contribution in [1.82, 2.24) is 15.6 Å². The highest BCUT2D eigenvalue weighted by Crippen LogP contribution is 2.06. The summed E-state index contributed by atoms with van der Waals surface area (Å²) in [7, 11) is 3.40.